The Bertz CT molecular complexity index is 915. The van der Waals surface area contributed by atoms with Crippen LogP contribution in [0.2, 0.25) is 0 Å². The lowest BCUT2D eigenvalue weighted by Gasteiger charge is -2.10. The SMILES string of the molecule is COC(=O)Cc1ccccc1NC(=O)c1ccc2c(c1)ncn2C. The highest BCUT2D eigenvalue weighted by atomic mass is 16.5. The second kappa shape index (κ2) is 6.54. The summed E-state index contributed by atoms with van der Waals surface area (Å²) in [5.41, 5.74) is 3.52. The first-order chi connectivity index (χ1) is 11.6. The Morgan fingerprint density at radius 1 is 1.21 bits per heavy atom. The minimum absolute atomic E-state index is 0.103. The Hall–Kier alpha value is -3.15. The molecule has 0 atom stereocenters. The lowest BCUT2D eigenvalue weighted by Crippen LogP contribution is -2.14. The van der Waals surface area contributed by atoms with E-state index in [-0.39, 0.29) is 18.3 Å². The molecule has 3 rings (SSSR count). The zero-order valence-electron chi connectivity index (χ0n) is 13.4. The van der Waals surface area contributed by atoms with Crippen molar-refractivity contribution in [3.63, 3.8) is 0 Å². The van der Waals surface area contributed by atoms with Gasteiger partial charge in [0.25, 0.3) is 5.91 Å². The number of imidazole rings is 1. The van der Waals surface area contributed by atoms with E-state index >= 15 is 0 Å². The first-order valence-corrected chi connectivity index (χ1v) is 7.45. The van der Waals surface area contributed by atoms with Crippen LogP contribution in [0.4, 0.5) is 5.69 Å². The van der Waals surface area contributed by atoms with Crippen LogP contribution in [-0.4, -0.2) is 28.5 Å². The van der Waals surface area contributed by atoms with Crippen LogP contribution in [0.5, 0.6) is 0 Å². The molecule has 24 heavy (non-hydrogen) atoms. The Morgan fingerprint density at radius 3 is 2.79 bits per heavy atom. The molecule has 122 valence electrons. The molecule has 0 fully saturated rings. The van der Waals surface area contributed by atoms with Crippen molar-refractivity contribution in [2.24, 2.45) is 7.05 Å². The number of rotatable bonds is 4. The second-order valence-corrected chi connectivity index (χ2v) is 5.42. The van der Waals surface area contributed by atoms with Gasteiger partial charge in [-0.1, -0.05) is 18.2 Å². The number of hydrogen-bond acceptors (Lipinski definition) is 4. The molecule has 1 N–H and O–H groups in total. The molecule has 0 aliphatic rings. The average Bonchev–Trinajstić information content (AvgIpc) is 2.97. The van der Waals surface area contributed by atoms with Crippen LogP contribution >= 0.6 is 0 Å². The Balaban J connectivity index is 1.84. The summed E-state index contributed by atoms with van der Waals surface area (Å²) in [6.07, 6.45) is 1.81. The first-order valence-electron chi connectivity index (χ1n) is 7.45. The topological polar surface area (TPSA) is 73.2 Å². The number of fused-ring (bicyclic) bond motifs is 1. The maximum Gasteiger partial charge on any atom is 0.310 e. The predicted molar refractivity (Wildman–Crippen MR) is 90.8 cm³/mol. The monoisotopic (exact) mass is 323 g/mol. The minimum Gasteiger partial charge on any atom is -0.469 e. The number of nitrogens with zero attached hydrogens (tertiary/aromatic N) is 2. The predicted octanol–water partition coefficient (Wildman–Crippen LogP) is 2.54. The van der Waals surface area contributed by atoms with Crippen LogP contribution in [0.15, 0.2) is 48.8 Å². The van der Waals surface area contributed by atoms with Gasteiger partial charge in [-0.25, -0.2) is 4.98 Å². The van der Waals surface area contributed by atoms with E-state index in [0.29, 0.717) is 16.8 Å². The summed E-state index contributed by atoms with van der Waals surface area (Å²) in [6.45, 7) is 0. The number of ether oxygens (including phenoxy) is 1. The number of para-hydroxylation sites is 1. The van der Waals surface area contributed by atoms with Crippen LogP contribution in [0.1, 0.15) is 15.9 Å². The molecule has 0 saturated carbocycles. The maximum atomic E-state index is 12.5. The molecule has 0 aliphatic heterocycles. The molecule has 6 nitrogen and oxygen atoms in total. The normalized spacial score (nSPS) is 10.6. The fourth-order valence-corrected chi connectivity index (χ4v) is 2.50. The van der Waals surface area contributed by atoms with Crippen LogP contribution in [-0.2, 0) is 23.0 Å². The fraction of sp³-hybridized carbons (Fsp3) is 0.167. The van der Waals surface area contributed by atoms with Crippen molar-refractivity contribution in [2.75, 3.05) is 12.4 Å². The molecule has 6 heteroatoms. The summed E-state index contributed by atoms with van der Waals surface area (Å²) in [5.74, 6) is -0.605. The van der Waals surface area contributed by atoms with Crippen LogP contribution < -0.4 is 5.32 Å². The second-order valence-electron chi connectivity index (χ2n) is 5.42. The van der Waals surface area contributed by atoms with Gasteiger partial charge in [-0.15, -0.1) is 0 Å². The molecule has 0 radical (unpaired) electrons. The van der Waals surface area contributed by atoms with E-state index in [2.05, 4.69) is 15.0 Å². The highest BCUT2D eigenvalue weighted by Gasteiger charge is 2.13. The average molecular weight is 323 g/mol. The highest BCUT2D eigenvalue weighted by molar-refractivity contribution is 6.06. The molecule has 0 saturated heterocycles. The van der Waals surface area contributed by atoms with E-state index in [0.717, 1.165) is 11.0 Å². The van der Waals surface area contributed by atoms with Crippen LogP contribution in [0.3, 0.4) is 0 Å². The van der Waals surface area contributed by atoms with Crippen molar-refractivity contribution in [1.82, 2.24) is 9.55 Å². The van der Waals surface area contributed by atoms with Gasteiger partial charge in [0.05, 0.1) is 30.9 Å². The summed E-state index contributed by atoms with van der Waals surface area (Å²) in [7, 11) is 3.24. The zero-order chi connectivity index (χ0) is 17.1. The number of esters is 1. The lowest BCUT2D eigenvalue weighted by molar-refractivity contribution is -0.139. The van der Waals surface area contributed by atoms with E-state index < -0.39 is 0 Å². The number of aromatic nitrogens is 2. The number of methoxy groups -OCH3 is 1. The summed E-state index contributed by atoms with van der Waals surface area (Å²) >= 11 is 0. The quantitative estimate of drug-likeness (QED) is 0.749. The standard InChI is InChI=1S/C18H17N3O3/c1-21-11-19-15-9-13(7-8-16(15)21)18(23)20-14-6-4-3-5-12(14)10-17(22)24-2/h3-9,11H,10H2,1-2H3,(H,20,23). The molecule has 1 heterocycles. The molecule has 3 aromatic rings. The molecular formula is C18H17N3O3. The van der Waals surface area contributed by atoms with E-state index in [1.54, 1.807) is 36.7 Å². The van der Waals surface area contributed by atoms with Gasteiger partial charge in [-0.3, -0.25) is 9.59 Å². The third-order valence-corrected chi connectivity index (χ3v) is 3.82. The van der Waals surface area contributed by atoms with Gasteiger partial charge in [-0.2, -0.15) is 0 Å². The summed E-state index contributed by atoms with van der Waals surface area (Å²) in [4.78, 5) is 28.3. The minimum atomic E-state index is -0.355. The number of amides is 1. The number of aryl methyl sites for hydroxylation is 1. The number of carbonyl (C=O) groups excluding carboxylic acids is 2. The van der Waals surface area contributed by atoms with Crippen molar-refractivity contribution in [2.45, 2.75) is 6.42 Å². The largest absolute Gasteiger partial charge is 0.469 e. The van der Waals surface area contributed by atoms with Crippen LogP contribution in [0.25, 0.3) is 11.0 Å². The summed E-state index contributed by atoms with van der Waals surface area (Å²) in [5, 5.41) is 2.85. The smallest absolute Gasteiger partial charge is 0.310 e. The molecular weight excluding hydrogens is 306 g/mol. The lowest BCUT2D eigenvalue weighted by atomic mass is 10.1. The molecule has 0 spiro atoms. The fourth-order valence-electron chi connectivity index (χ4n) is 2.50. The summed E-state index contributed by atoms with van der Waals surface area (Å²) < 4.78 is 6.58. The van der Waals surface area contributed by atoms with Crippen molar-refractivity contribution in [1.29, 1.82) is 0 Å². The van der Waals surface area contributed by atoms with E-state index in [1.165, 1.54) is 7.11 Å². The van der Waals surface area contributed by atoms with Crippen molar-refractivity contribution in [3.05, 3.63) is 59.9 Å². The molecule has 1 aromatic heterocycles. The first kappa shape index (κ1) is 15.7. The van der Waals surface area contributed by atoms with Crippen molar-refractivity contribution in [3.8, 4) is 0 Å². The van der Waals surface area contributed by atoms with Gasteiger partial charge in [0.2, 0.25) is 0 Å². The molecule has 0 bridgehead atoms. The Kier molecular flexibility index (Phi) is 4.29. The number of benzene rings is 2. The molecule has 2 aromatic carbocycles. The number of nitrogens with one attached hydrogen (secondary N) is 1. The van der Waals surface area contributed by atoms with Gasteiger partial charge in [-0.05, 0) is 29.8 Å². The van der Waals surface area contributed by atoms with Crippen molar-refractivity contribution >= 4 is 28.6 Å². The Labute approximate surface area is 139 Å². The van der Waals surface area contributed by atoms with Gasteiger partial charge in [0, 0.05) is 18.3 Å². The zero-order valence-corrected chi connectivity index (χ0v) is 13.4. The number of carbonyl (C=O) groups is 2. The van der Waals surface area contributed by atoms with Gasteiger partial charge >= 0.3 is 5.97 Å². The number of anilines is 1. The maximum absolute atomic E-state index is 12.5. The van der Waals surface area contributed by atoms with Crippen molar-refractivity contribution < 1.29 is 14.3 Å². The van der Waals surface area contributed by atoms with E-state index in [9.17, 15) is 9.59 Å². The summed E-state index contributed by atoms with van der Waals surface area (Å²) in [6, 6.07) is 12.5. The van der Waals surface area contributed by atoms with E-state index in [1.807, 2.05) is 23.7 Å². The van der Waals surface area contributed by atoms with Gasteiger partial charge < -0.3 is 14.6 Å². The molecule has 0 aliphatic carbocycles. The number of hydrogen-bond donors (Lipinski definition) is 1. The third-order valence-electron chi connectivity index (χ3n) is 3.82. The Morgan fingerprint density at radius 2 is 2.00 bits per heavy atom. The van der Waals surface area contributed by atoms with Gasteiger partial charge in [0.1, 0.15) is 0 Å². The van der Waals surface area contributed by atoms with Crippen LogP contribution in [0, 0.1) is 0 Å². The molecule has 1 amide bonds. The van der Waals surface area contributed by atoms with Gasteiger partial charge in [0.15, 0.2) is 0 Å². The highest BCUT2D eigenvalue weighted by Crippen LogP contribution is 2.19. The van der Waals surface area contributed by atoms with E-state index in [4.69, 9.17) is 0 Å². The molecule has 0 unspecified atom stereocenters. The third kappa shape index (κ3) is 3.12.